The molecule has 7 nitrogen and oxygen atoms in total. The molecule has 0 saturated heterocycles. The van der Waals surface area contributed by atoms with Crippen LogP contribution in [0.25, 0.3) is 0 Å². The van der Waals surface area contributed by atoms with E-state index in [9.17, 15) is 18.0 Å². The smallest absolute Gasteiger partial charge is 0.282 e. The minimum atomic E-state index is -4.02. The van der Waals surface area contributed by atoms with Crippen LogP contribution in [0.3, 0.4) is 0 Å². The van der Waals surface area contributed by atoms with Gasteiger partial charge in [-0.05, 0) is 36.4 Å². The molecule has 132 valence electrons. The Bertz CT molecular complexity index is 865. The van der Waals surface area contributed by atoms with Crippen LogP contribution in [-0.2, 0) is 19.6 Å². The molecular weight excluding hydrogens is 342 g/mol. The minimum absolute atomic E-state index is 0.00134. The van der Waals surface area contributed by atoms with Crippen LogP contribution in [0.4, 0.5) is 11.4 Å². The molecule has 0 bridgehead atoms. The maximum absolute atomic E-state index is 13.1. The van der Waals surface area contributed by atoms with Gasteiger partial charge in [0.15, 0.2) is 0 Å². The number of para-hydroxylation sites is 1. The van der Waals surface area contributed by atoms with Gasteiger partial charge in [-0.3, -0.25) is 9.59 Å². The van der Waals surface area contributed by atoms with E-state index in [1.807, 2.05) is 0 Å². The zero-order chi connectivity index (χ0) is 18.6. The van der Waals surface area contributed by atoms with E-state index in [1.54, 1.807) is 30.3 Å². The largest absolute Gasteiger partial charge is 0.326 e. The van der Waals surface area contributed by atoms with Gasteiger partial charge in [0, 0.05) is 26.6 Å². The predicted molar refractivity (Wildman–Crippen MR) is 95.3 cm³/mol. The number of nitrogens with one attached hydrogen (secondary N) is 1. The Kier molecular flexibility index (Phi) is 5.43. The van der Waals surface area contributed by atoms with E-state index < -0.39 is 15.9 Å². The van der Waals surface area contributed by atoms with Crippen molar-refractivity contribution in [3.05, 3.63) is 54.6 Å². The quantitative estimate of drug-likeness (QED) is 0.828. The van der Waals surface area contributed by atoms with Crippen LogP contribution in [0.2, 0.25) is 0 Å². The van der Waals surface area contributed by atoms with Gasteiger partial charge >= 0.3 is 0 Å². The number of benzene rings is 2. The first kappa shape index (κ1) is 18.5. The lowest BCUT2D eigenvalue weighted by Crippen LogP contribution is -2.46. The van der Waals surface area contributed by atoms with Crippen molar-refractivity contribution in [1.82, 2.24) is 5.01 Å². The fourth-order valence-corrected chi connectivity index (χ4v) is 3.69. The van der Waals surface area contributed by atoms with Crippen molar-refractivity contribution in [2.75, 3.05) is 16.8 Å². The fourth-order valence-electron chi connectivity index (χ4n) is 2.17. The van der Waals surface area contributed by atoms with E-state index >= 15 is 0 Å². The van der Waals surface area contributed by atoms with E-state index in [2.05, 4.69) is 5.32 Å². The number of amides is 2. The highest BCUT2D eigenvalue weighted by Crippen LogP contribution is 2.26. The van der Waals surface area contributed by atoms with Gasteiger partial charge in [0.2, 0.25) is 11.8 Å². The second-order valence-corrected chi connectivity index (χ2v) is 7.10. The number of nitrogens with zero attached hydrogens (tertiary/aromatic N) is 2. The molecule has 0 unspecified atom stereocenters. The standard InChI is InChI=1S/C17H19N3O4S/c1-13(21)18-15-9-11-17(12-10-15)25(23,24)20(19(3)14(2)22)16-7-5-4-6-8-16/h4-12H,1-3H3,(H,18,21). The molecule has 0 aliphatic heterocycles. The van der Waals surface area contributed by atoms with Gasteiger partial charge in [-0.1, -0.05) is 18.2 Å². The third-order valence-electron chi connectivity index (χ3n) is 3.41. The molecule has 0 radical (unpaired) electrons. The van der Waals surface area contributed by atoms with Crippen molar-refractivity contribution < 1.29 is 18.0 Å². The molecule has 2 rings (SSSR count). The summed E-state index contributed by atoms with van der Waals surface area (Å²) < 4.78 is 27.1. The molecule has 25 heavy (non-hydrogen) atoms. The zero-order valence-electron chi connectivity index (χ0n) is 14.1. The predicted octanol–water partition coefficient (Wildman–Crippen LogP) is 2.23. The number of hydrogen-bond donors (Lipinski definition) is 1. The van der Waals surface area contributed by atoms with Gasteiger partial charge < -0.3 is 5.32 Å². The first-order valence-electron chi connectivity index (χ1n) is 7.45. The van der Waals surface area contributed by atoms with Crippen LogP contribution in [-0.4, -0.2) is 32.3 Å². The Labute approximate surface area is 146 Å². The summed E-state index contributed by atoms with van der Waals surface area (Å²) in [6.45, 7) is 2.65. The molecule has 2 aromatic rings. The van der Waals surface area contributed by atoms with Crippen molar-refractivity contribution in [3.8, 4) is 0 Å². The minimum Gasteiger partial charge on any atom is -0.326 e. The number of anilines is 2. The maximum atomic E-state index is 13.1. The Morgan fingerprint density at radius 3 is 1.96 bits per heavy atom. The summed E-state index contributed by atoms with van der Waals surface area (Å²) in [5, 5.41) is 3.61. The molecule has 0 aromatic heterocycles. The van der Waals surface area contributed by atoms with Gasteiger partial charge in [-0.2, -0.15) is 12.8 Å². The van der Waals surface area contributed by atoms with Gasteiger partial charge in [-0.25, -0.2) is 5.01 Å². The van der Waals surface area contributed by atoms with Gasteiger partial charge in [0.25, 0.3) is 10.0 Å². The number of rotatable bonds is 5. The monoisotopic (exact) mass is 361 g/mol. The average molecular weight is 361 g/mol. The van der Waals surface area contributed by atoms with Crippen molar-refractivity contribution >= 4 is 33.2 Å². The first-order chi connectivity index (χ1) is 11.7. The number of carbonyl (C=O) groups is 2. The summed E-state index contributed by atoms with van der Waals surface area (Å²) in [4.78, 5) is 22.9. The zero-order valence-corrected chi connectivity index (χ0v) is 14.9. The van der Waals surface area contributed by atoms with E-state index in [-0.39, 0.29) is 10.8 Å². The van der Waals surface area contributed by atoms with Crippen molar-refractivity contribution in [2.24, 2.45) is 0 Å². The molecule has 1 N–H and O–H groups in total. The number of hydrogen-bond acceptors (Lipinski definition) is 4. The summed E-state index contributed by atoms with van der Waals surface area (Å²) in [5.41, 5.74) is 0.823. The lowest BCUT2D eigenvalue weighted by Gasteiger charge is -2.31. The first-order valence-corrected chi connectivity index (χ1v) is 8.89. The van der Waals surface area contributed by atoms with Crippen molar-refractivity contribution in [3.63, 3.8) is 0 Å². The third kappa shape index (κ3) is 4.16. The summed E-state index contributed by atoms with van der Waals surface area (Å²) >= 11 is 0. The molecule has 2 amide bonds. The Balaban J connectivity index is 2.48. The van der Waals surface area contributed by atoms with Gasteiger partial charge in [-0.15, -0.1) is 0 Å². The summed E-state index contributed by atoms with van der Waals surface area (Å²) in [5.74, 6) is -0.680. The molecule has 0 heterocycles. The molecule has 2 aromatic carbocycles. The number of hydrazine groups is 1. The highest BCUT2D eigenvalue weighted by molar-refractivity contribution is 7.92. The van der Waals surface area contributed by atoms with Gasteiger partial charge in [0.05, 0.1) is 10.6 Å². The Hall–Kier alpha value is -2.87. The van der Waals surface area contributed by atoms with Crippen LogP contribution in [0.15, 0.2) is 59.5 Å². The highest BCUT2D eigenvalue weighted by atomic mass is 32.2. The number of carbonyl (C=O) groups excluding carboxylic acids is 2. The number of sulfonamides is 1. The normalized spacial score (nSPS) is 10.8. The van der Waals surface area contributed by atoms with E-state index in [0.717, 1.165) is 9.42 Å². The van der Waals surface area contributed by atoms with Crippen LogP contribution in [0.1, 0.15) is 13.8 Å². The second kappa shape index (κ2) is 7.35. The molecule has 0 fully saturated rings. The molecule has 0 spiro atoms. The summed E-state index contributed by atoms with van der Waals surface area (Å²) in [6, 6.07) is 14.1. The Morgan fingerprint density at radius 1 is 0.920 bits per heavy atom. The SMILES string of the molecule is CC(=O)Nc1ccc(S(=O)(=O)N(c2ccccc2)N(C)C(C)=O)cc1. The molecule has 8 heteroatoms. The lowest BCUT2D eigenvalue weighted by atomic mass is 10.3. The molecule has 0 atom stereocenters. The van der Waals surface area contributed by atoms with Crippen LogP contribution >= 0.6 is 0 Å². The Morgan fingerprint density at radius 2 is 1.48 bits per heavy atom. The maximum Gasteiger partial charge on any atom is 0.282 e. The molecule has 0 aliphatic carbocycles. The lowest BCUT2D eigenvalue weighted by molar-refractivity contribution is -0.127. The highest BCUT2D eigenvalue weighted by Gasteiger charge is 2.30. The van der Waals surface area contributed by atoms with Crippen LogP contribution < -0.4 is 9.73 Å². The summed E-state index contributed by atoms with van der Waals surface area (Å²) in [7, 11) is -2.63. The fraction of sp³-hybridized carbons (Fsp3) is 0.176. The van der Waals surface area contributed by atoms with Crippen LogP contribution in [0.5, 0.6) is 0 Å². The van der Waals surface area contributed by atoms with E-state index in [0.29, 0.717) is 11.4 Å². The third-order valence-corrected chi connectivity index (χ3v) is 5.18. The molecule has 0 saturated carbocycles. The second-order valence-electron chi connectivity index (χ2n) is 5.33. The van der Waals surface area contributed by atoms with Gasteiger partial charge in [0.1, 0.15) is 0 Å². The van der Waals surface area contributed by atoms with Crippen molar-refractivity contribution in [1.29, 1.82) is 0 Å². The molecular formula is C17H19N3O4S. The van der Waals surface area contributed by atoms with E-state index in [1.165, 1.54) is 45.2 Å². The molecule has 0 aliphatic rings. The average Bonchev–Trinajstić information content (AvgIpc) is 2.55. The summed E-state index contributed by atoms with van der Waals surface area (Å²) in [6.07, 6.45) is 0. The van der Waals surface area contributed by atoms with Crippen LogP contribution in [0, 0.1) is 0 Å². The van der Waals surface area contributed by atoms with Crippen molar-refractivity contribution in [2.45, 2.75) is 18.7 Å². The van der Waals surface area contributed by atoms with E-state index in [4.69, 9.17) is 0 Å². The topological polar surface area (TPSA) is 86.8 Å².